The summed E-state index contributed by atoms with van der Waals surface area (Å²) >= 11 is 0. The lowest BCUT2D eigenvalue weighted by atomic mass is 10.1. The molecule has 0 aliphatic carbocycles. The third-order valence-corrected chi connectivity index (χ3v) is 2.58. The molecule has 0 aromatic heterocycles. The molecular weight excluding hydrogens is 204 g/mol. The van der Waals surface area contributed by atoms with Crippen molar-refractivity contribution in [2.75, 3.05) is 19.8 Å². The largest absolute Gasteiger partial charge is 0.388 e. The Balaban J connectivity index is 1.71. The average molecular weight is 220 g/mol. The summed E-state index contributed by atoms with van der Waals surface area (Å²) in [4.78, 5) is 0. The highest BCUT2D eigenvalue weighted by Crippen LogP contribution is 2.18. The maximum absolute atomic E-state index is 9.50. The van der Waals surface area contributed by atoms with Crippen molar-refractivity contribution in [3.63, 3.8) is 0 Å². The number of rotatable bonds is 4. The van der Waals surface area contributed by atoms with E-state index in [2.05, 4.69) is 0 Å². The summed E-state index contributed by atoms with van der Waals surface area (Å²) in [6.45, 7) is 1.15. The van der Waals surface area contributed by atoms with Crippen LogP contribution in [-0.4, -0.2) is 65.8 Å². The van der Waals surface area contributed by atoms with Crippen molar-refractivity contribution in [1.29, 1.82) is 0 Å². The SMILES string of the molecule is O[C@@H]1[C@@H](O)[C@H](OCCC2CO2)OC[C@H]1O. The highest BCUT2D eigenvalue weighted by molar-refractivity contribution is 4.82. The Bertz CT molecular complexity index is 207. The molecule has 2 aliphatic rings. The first kappa shape index (κ1) is 11.3. The number of aliphatic hydroxyl groups excluding tert-OH is 3. The van der Waals surface area contributed by atoms with Crippen LogP contribution < -0.4 is 0 Å². The van der Waals surface area contributed by atoms with Crippen molar-refractivity contribution >= 4 is 0 Å². The molecule has 0 aromatic rings. The van der Waals surface area contributed by atoms with E-state index in [9.17, 15) is 15.3 Å². The van der Waals surface area contributed by atoms with Crippen LogP contribution in [0.25, 0.3) is 0 Å². The Kier molecular flexibility index (Phi) is 3.55. The zero-order valence-corrected chi connectivity index (χ0v) is 8.28. The average Bonchev–Trinajstić information content (AvgIpc) is 3.02. The second-order valence-electron chi connectivity index (χ2n) is 3.87. The molecule has 0 spiro atoms. The third kappa shape index (κ3) is 2.87. The molecule has 15 heavy (non-hydrogen) atoms. The number of hydrogen-bond donors (Lipinski definition) is 3. The minimum Gasteiger partial charge on any atom is -0.388 e. The lowest BCUT2D eigenvalue weighted by Gasteiger charge is -2.34. The van der Waals surface area contributed by atoms with Gasteiger partial charge in [-0.1, -0.05) is 0 Å². The quantitative estimate of drug-likeness (QED) is 0.486. The van der Waals surface area contributed by atoms with Gasteiger partial charge in [0.25, 0.3) is 0 Å². The molecule has 2 aliphatic heterocycles. The smallest absolute Gasteiger partial charge is 0.186 e. The number of ether oxygens (including phenoxy) is 3. The molecule has 6 heteroatoms. The molecule has 3 N–H and O–H groups in total. The molecule has 2 rings (SSSR count). The molecule has 0 amide bonds. The van der Waals surface area contributed by atoms with E-state index in [1.807, 2.05) is 0 Å². The molecule has 88 valence electrons. The van der Waals surface area contributed by atoms with Crippen LogP contribution >= 0.6 is 0 Å². The normalized spacial score (nSPS) is 45.4. The van der Waals surface area contributed by atoms with E-state index in [0.29, 0.717) is 6.61 Å². The number of epoxide rings is 1. The summed E-state index contributed by atoms with van der Waals surface area (Å²) in [5.74, 6) is 0. The standard InChI is InChI=1S/C9H16O6/c10-6-4-15-9(8(12)7(6)11)13-2-1-5-3-14-5/h5-12H,1-4H2/t5?,6-,7+,8-,9-/m1/s1. The molecule has 1 unspecified atom stereocenters. The van der Waals surface area contributed by atoms with E-state index in [1.54, 1.807) is 0 Å². The van der Waals surface area contributed by atoms with Crippen molar-refractivity contribution in [1.82, 2.24) is 0 Å². The topological polar surface area (TPSA) is 91.7 Å². The van der Waals surface area contributed by atoms with E-state index in [-0.39, 0.29) is 12.7 Å². The molecule has 2 saturated heterocycles. The first-order chi connectivity index (χ1) is 7.18. The molecule has 0 bridgehead atoms. The summed E-state index contributed by atoms with van der Waals surface area (Å²) in [6.07, 6.45) is -3.30. The Morgan fingerprint density at radius 1 is 1.07 bits per heavy atom. The molecule has 2 fully saturated rings. The zero-order valence-electron chi connectivity index (χ0n) is 8.28. The number of hydrogen-bond acceptors (Lipinski definition) is 6. The summed E-state index contributed by atoms with van der Waals surface area (Å²) in [5.41, 5.74) is 0. The second kappa shape index (κ2) is 4.73. The van der Waals surface area contributed by atoms with Crippen LogP contribution in [0.1, 0.15) is 6.42 Å². The number of aliphatic hydroxyl groups is 3. The fourth-order valence-corrected chi connectivity index (χ4v) is 1.48. The Morgan fingerprint density at radius 3 is 2.47 bits per heavy atom. The van der Waals surface area contributed by atoms with E-state index in [4.69, 9.17) is 14.2 Å². The van der Waals surface area contributed by atoms with Crippen LogP contribution in [0.4, 0.5) is 0 Å². The molecule has 0 aromatic carbocycles. The minimum atomic E-state index is -1.21. The lowest BCUT2D eigenvalue weighted by molar-refractivity contribution is -0.270. The van der Waals surface area contributed by atoms with Crippen LogP contribution in [0.15, 0.2) is 0 Å². The summed E-state index contributed by atoms with van der Waals surface area (Å²) in [5, 5.41) is 28.0. The maximum atomic E-state index is 9.50. The highest BCUT2D eigenvalue weighted by atomic mass is 16.7. The van der Waals surface area contributed by atoms with Gasteiger partial charge in [-0.25, -0.2) is 0 Å². The fourth-order valence-electron chi connectivity index (χ4n) is 1.48. The summed E-state index contributed by atoms with van der Waals surface area (Å²) in [6, 6.07) is 0. The second-order valence-corrected chi connectivity index (χ2v) is 3.87. The van der Waals surface area contributed by atoms with Crippen molar-refractivity contribution in [2.24, 2.45) is 0 Å². The van der Waals surface area contributed by atoms with Gasteiger partial charge in [0.15, 0.2) is 6.29 Å². The summed E-state index contributed by atoms with van der Waals surface area (Å²) < 4.78 is 15.3. The lowest BCUT2D eigenvalue weighted by Crippen LogP contribution is -2.53. The predicted molar refractivity (Wildman–Crippen MR) is 48.1 cm³/mol. The fraction of sp³-hybridized carbons (Fsp3) is 1.00. The van der Waals surface area contributed by atoms with Gasteiger partial charge >= 0.3 is 0 Å². The van der Waals surface area contributed by atoms with E-state index in [0.717, 1.165) is 13.0 Å². The van der Waals surface area contributed by atoms with Gasteiger partial charge in [0.1, 0.15) is 18.3 Å². The van der Waals surface area contributed by atoms with Crippen LogP contribution in [0.2, 0.25) is 0 Å². The van der Waals surface area contributed by atoms with E-state index < -0.39 is 24.6 Å². The highest BCUT2D eigenvalue weighted by Gasteiger charge is 2.38. The van der Waals surface area contributed by atoms with Crippen molar-refractivity contribution in [3.05, 3.63) is 0 Å². The van der Waals surface area contributed by atoms with Gasteiger partial charge in [-0.05, 0) is 6.42 Å². The molecular formula is C9H16O6. The monoisotopic (exact) mass is 220 g/mol. The van der Waals surface area contributed by atoms with Gasteiger partial charge < -0.3 is 29.5 Å². The Morgan fingerprint density at radius 2 is 1.80 bits per heavy atom. The van der Waals surface area contributed by atoms with Gasteiger partial charge in [0.2, 0.25) is 0 Å². The maximum Gasteiger partial charge on any atom is 0.186 e. The van der Waals surface area contributed by atoms with Crippen molar-refractivity contribution < 1.29 is 29.5 Å². The molecule has 0 saturated carbocycles. The van der Waals surface area contributed by atoms with Gasteiger partial charge in [0.05, 0.1) is 25.9 Å². The third-order valence-electron chi connectivity index (χ3n) is 2.58. The van der Waals surface area contributed by atoms with Gasteiger partial charge in [-0.3, -0.25) is 0 Å². The first-order valence-corrected chi connectivity index (χ1v) is 5.07. The van der Waals surface area contributed by atoms with Crippen LogP contribution in [-0.2, 0) is 14.2 Å². The van der Waals surface area contributed by atoms with E-state index >= 15 is 0 Å². The van der Waals surface area contributed by atoms with Crippen LogP contribution in [0.3, 0.4) is 0 Å². The van der Waals surface area contributed by atoms with E-state index in [1.165, 1.54) is 0 Å². The minimum absolute atomic E-state index is 0.0250. The zero-order chi connectivity index (χ0) is 10.8. The van der Waals surface area contributed by atoms with Crippen molar-refractivity contribution in [3.8, 4) is 0 Å². The molecule has 5 atom stereocenters. The Hall–Kier alpha value is -0.240. The molecule has 6 nitrogen and oxygen atoms in total. The van der Waals surface area contributed by atoms with Gasteiger partial charge in [-0.2, -0.15) is 0 Å². The molecule has 0 radical (unpaired) electrons. The predicted octanol–water partition coefficient (Wildman–Crippen LogP) is -1.77. The summed E-state index contributed by atoms with van der Waals surface area (Å²) in [7, 11) is 0. The Labute approximate surface area is 87.4 Å². The van der Waals surface area contributed by atoms with Gasteiger partial charge in [0, 0.05) is 0 Å². The van der Waals surface area contributed by atoms with Crippen LogP contribution in [0.5, 0.6) is 0 Å². The molecule has 2 heterocycles. The first-order valence-electron chi connectivity index (χ1n) is 5.07. The van der Waals surface area contributed by atoms with Gasteiger partial charge in [-0.15, -0.1) is 0 Å². The van der Waals surface area contributed by atoms with Crippen LogP contribution in [0, 0.1) is 0 Å². The van der Waals surface area contributed by atoms with Crippen molar-refractivity contribution in [2.45, 2.75) is 37.1 Å².